The van der Waals surface area contributed by atoms with Crippen molar-refractivity contribution in [3.8, 4) is 77.8 Å². The van der Waals surface area contributed by atoms with Gasteiger partial charge in [0.1, 0.15) is 70.8 Å². The number of rotatable bonds is 25. The van der Waals surface area contributed by atoms with Crippen LogP contribution in [-0.2, 0) is 12.8 Å². The number of halogens is 4. The van der Waals surface area contributed by atoms with Crippen molar-refractivity contribution in [1.29, 1.82) is 42.1 Å². The largest absolute Gasteiger partial charge is 0.304 e. The summed E-state index contributed by atoms with van der Waals surface area (Å²) in [6.45, 7) is 4.40. The molecule has 0 saturated carbocycles. The highest BCUT2D eigenvalue weighted by atomic mass is 32.1. The number of hydrogen-bond donors (Lipinski definition) is 0. The molecule has 74 heavy (non-hydrogen) atoms. The van der Waals surface area contributed by atoms with Crippen LogP contribution in [0.15, 0.2) is 46.6 Å². The van der Waals surface area contributed by atoms with Gasteiger partial charge in [-0.15, -0.1) is 45.3 Å². The maximum absolute atomic E-state index is 16.2. The Balaban J connectivity index is 1.45. The lowest BCUT2D eigenvalue weighted by Crippen LogP contribution is -2.16. The van der Waals surface area contributed by atoms with Crippen molar-refractivity contribution >= 4 is 67.6 Å². The fourth-order valence-corrected chi connectivity index (χ4v) is 15.1. The van der Waals surface area contributed by atoms with E-state index >= 15 is 17.6 Å². The van der Waals surface area contributed by atoms with Crippen LogP contribution in [0.1, 0.15) is 174 Å². The number of unbranched alkanes of at least 4 members (excludes halogenated alkanes) is 18. The van der Waals surface area contributed by atoms with Gasteiger partial charge in [0.15, 0.2) is 0 Å². The topological polar surface area (TPSA) is 190 Å². The molecule has 0 spiro atoms. The number of thiophene rings is 4. The molecular formula is C58H54F4N8S4. The minimum absolute atomic E-state index is 0.0526. The fraction of sp³-hybridized carbons (Fsp3) is 0.448. The summed E-state index contributed by atoms with van der Waals surface area (Å²) in [6.07, 6.45) is 23.8. The normalized spacial score (nSPS) is 13.6. The molecule has 0 bridgehead atoms. The van der Waals surface area contributed by atoms with E-state index in [1.54, 1.807) is 48.6 Å². The predicted octanol–water partition coefficient (Wildman–Crippen LogP) is 18.4. The second-order valence-corrected chi connectivity index (χ2v) is 22.8. The Bertz CT molecular complexity index is 2810. The van der Waals surface area contributed by atoms with Gasteiger partial charge in [-0.25, -0.2) is 0 Å². The Morgan fingerprint density at radius 1 is 0.351 bits per heavy atom. The lowest BCUT2D eigenvalue weighted by atomic mass is 9.99. The number of allylic oxidation sites excluding steroid dienone is 8. The summed E-state index contributed by atoms with van der Waals surface area (Å²) in [6, 6.07) is 20.0. The van der Waals surface area contributed by atoms with Gasteiger partial charge >= 0.3 is 11.8 Å². The summed E-state index contributed by atoms with van der Waals surface area (Å²) in [4.78, 5) is 4.28. The Morgan fingerprint density at radius 3 is 0.892 bits per heavy atom. The molecule has 0 fully saturated rings. The van der Waals surface area contributed by atoms with Crippen LogP contribution in [0.2, 0.25) is 0 Å². The number of alkyl halides is 4. The highest BCUT2D eigenvalue weighted by Gasteiger charge is 2.54. The second-order valence-electron chi connectivity index (χ2n) is 18.5. The molecule has 0 amide bonds. The molecule has 0 N–H and O–H groups in total. The zero-order valence-corrected chi connectivity index (χ0v) is 44.9. The molecule has 0 unspecified atom stereocenters. The van der Waals surface area contributed by atoms with E-state index in [0.29, 0.717) is 22.6 Å². The lowest BCUT2D eigenvalue weighted by molar-refractivity contribution is 0.138. The zero-order chi connectivity index (χ0) is 53.4. The van der Waals surface area contributed by atoms with Crippen LogP contribution < -0.4 is 0 Å². The highest BCUT2D eigenvalue weighted by molar-refractivity contribution is 7.29. The fourth-order valence-electron chi connectivity index (χ4n) is 9.79. The molecule has 378 valence electrons. The first-order valence-corrected chi connectivity index (χ1v) is 28.6. The number of hydrogen-bond acceptors (Lipinski definition) is 12. The maximum Gasteiger partial charge on any atom is 0.304 e. The van der Waals surface area contributed by atoms with Crippen molar-refractivity contribution in [2.24, 2.45) is 0 Å². The van der Waals surface area contributed by atoms with E-state index in [9.17, 15) is 42.1 Å². The molecule has 4 heterocycles. The summed E-state index contributed by atoms with van der Waals surface area (Å²) < 4.78 is 64.9. The van der Waals surface area contributed by atoms with Crippen molar-refractivity contribution < 1.29 is 17.6 Å². The summed E-state index contributed by atoms with van der Waals surface area (Å²) in [5, 5.41) is 78.7. The Labute approximate surface area is 448 Å². The number of fused-ring (bicyclic) bond motifs is 2. The van der Waals surface area contributed by atoms with Crippen LogP contribution in [0.5, 0.6) is 0 Å². The summed E-state index contributed by atoms with van der Waals surface area (Å²) >= 11 is 4.84. The molecule has 2 aliphatic rings. The summed E-state index contributed by atoms with van der Waals surface area (Å²) in [7, 11) is 0. The quantitative estimate of drug-likeness (QED) is 0.0356. The minimum Gasteiger partial charge on any atom is -0.196 e. The van der Waals surface area contributed by atoms with Gasteiger partial charge in [-0.1, -0.05) is 129 Å². The van der Waals surface area contributed by atoms with Crippen LogP contribution in [0.3, 0.4) is 0 Å². The molecule has 0 aliphatic heterocycles. The van der Waals surface area contributed by atoms with E-state index in [1.807, 2.05) is 0 Å². The summed E-state index contributed by atoms with van der Waals surface area (Å²) in [5.41, 5.74) is -4.84. The molecule has 8 nitrogen and oxygen atoms in total. The molecule has 6 rings (SSSR count). The van der Waals surface area contributed by atoms with Crippen molar-refractivity contribution in [2.75, 3.05) is 0 Å². The Kier molecular flexibility index (Phi) is 20.4. The molecule has 0 atom stereocenters. The maximum atomic E-state index is 16.2. The van der Waals surface area contributed by atoms with E-state index in [2.05, 4.69) is 26.0 Å². The van der Waals surface area contributed by atoms with Crippen LogP contribution >= 0.6 is 45.3 Å². The van der Waals surface area contributed by atoms with E-state index in [0.717, 1.165) is 118 Å². The van der Waals surface area contributed by atoms with Gasteiger partial charge in [0.25, 0.3) is 0 Å². The highest BCUT2D eigenvalue weighted by Crippen LogP contribution is 2.61. The van der Waals surface area contributed by atoms with Crippen LogP contribution in [0.25, 0.3) is 51.6 Å². The van der Waals surface area contributed by atoms with Crippen LogP contribution in [0, 0.1) is 90.6 Å². The lowest BCUT2D eigenvalue weighted by Gasteiger charge is -2.14. The minimum atomic E-state index is -3.95. The van der Waals surface area contributed by atoms with Crippen molar-refractivity contribution in [3.63, 3.8) is 0 Å². The first-order chi connectivity index (χ1) is 35.8. The third-order valence-electron chi connectivity index (χ3n) is 13.5. The van der Waals surface area contributed by atoms with E-state index in [4.69, 9.17) is 0 Å². The van der Waals surface area contributed by atoms with Gasteiger partial charge in [0, 0.05) is 50.1 Å². The average Bonchev–Trinajstić information content (AvgIpc) is 4.25. The molecule has 0 radical (unpaired) electrons. The van der Waals surface area contributed by atoms with Crippen molar-refractivity contribution in [3.05, 3.63) is 78.6 Å². The number of nitrogens with zero attached hydrogens (tertiary/aromatic N) is 8. The van der Waals surface area contributed by atoms with Gasteiger partial charge in [0.05, 0.1) is 22.3 Å². The van der Waals surface area contributed by atoms with Crippen molar-refractivity contribution in [2.45, 2.75) is 167 Å². The molecular weight excluding hydrogens is 1010 g/mol. The van der Waals surface area contributed by atoms with Gasteiger partial charge in [-0.3, -0.25) is 0 Å². The first-order valence-electron chi connectivity index (χ1n) is 25.4. The standard InChI is InChI=1S/C58H54F4N8S4/c1-3-5-7-9-11-13-15-17-19-21-23-37-25-45(71-53(37)47-27-43-49(39(29-63)30-64)57(59,60)51(55(43)73-47)41(33-67)34-68)46-26-38(24-22-20-18-16-14-12-10-8-6-4-2)54(72-46)48-28-44-50(40(31-65)32-66)58(61,62)52(56(44)74-48)42(35-69)36-70/h25-28H,3-24H2,1-2H3. The van der Waals surface area contributed by atoms with Gasteiger partial charge in [-0.05, 0) is 61.1 Å². The molecule has 0 aromatic carbocycles. The molecule has 4 aromatic rings. The third-order valence-corrected chi connectivity index (χ3v) is 18.7. The van der Waals surface area contributed by atoms with Crippen LogP contribution in [-0.4, -0.2) is 11.8 Å². The SMILES string of the molecule is CCCCCCCCCCCCc1cc(-c2cc(CCCCCCCCCCCC)c(-c3cc4c(s3)C(=C(C#N)C#N)C(F)(F)C4=C(C#N)C#N)s2)sc1-c1cc2c(s1)C(=C(C#N)C#N)C(F)(F)C2=C(C#N)C#N. The average molecular weight is 1070 g/mol. The molecule has 2 aliphatic carbocycles. The van der Waals surface area contributed by atoms with E-state index < -0.39 is 56.4 Å². The predicted molar refractivity (Wildman–Crippen MR) is 288 cm³/mol. The number of aryl methyl sites for hydroxylation is 2. The number of nitriles is 8. The Hall–Kier alpha value is -6.60. The van der Waals surface area contributed by atoms with Gasteiger partial charge < -0.3 is 0 Å². The molecule has 0 saturated heterocycles. The third kappa shape index (κ3) is 12.2. The summed E-state index contributed by atoms with van der Waals surface area (Å²) in [5.74, 6) is -7.89. The van der Waals surface area contributed by atoms with Crippen LogP contribution in [0.4, 0.5) is 17.6 Å². The van der Waals surface area contributed by atoms with Gasteiger partial charge in [0.2, 0.25) is 0 Å². The zero-order valence-electron chi connectivity index (χ0n) is 41.6. The van der Waals surface area contributed by atoms with Gasteiger partial charge in [-0.2, -0.15) is 59.7 Å². The van der Waals surface area contributed by atoms with E-state index in [-0.39, 0.29) is 20.9 Å². The Morgan fingerprint density at radius 2 is 0.608 bits per heavy atom. The molecule has 4 aromatic heterocycles. The van der Waals surface area contributed by atoms with E-state index in [1.165, 1.54) is 99.0 Å². The molecule has 16 heteroatoms. The monoisotopic (exact) mass is 1070 g/mol. The van der Waals surface area contributed by atoms with Crippen molar-refractivity contribution in [1.82, 2.24) is 0 Å². The first kappa shape index (κ1) is 56.7. The second kappa shape index (κ2) is 26.6. The smallest absolute Gasteiger partial charge is 0.196 e.